The number of ether oxygens (including phenoxy) is 2. The molecule has 192 valence electrons. The summed E-state index contributed by atoms with van der Waals surface area (Å²) in [6.07, 6.45) is 0.926. The first-order valence-electron chi connectivity index (χ1n) is 13.0. The van der Waals surface area contributed by atoms with Crippen molar-refractivity contribution in [3.8, 4) is 17.1 Å². The van der Waals surface area contributed by atoms with Crippen molar-refractivity contribution in [2.45, 2.75) is 25.8 Å². The lowest BCUT2D eigenvalue weighted by Gasteiger charge is -2.21. The fourth-order valence-corrected chi connectivity index (χ4v) is 4.51. The Kier molecular flexibility index (Phi) is 8.04. The van der Waals surface area contributed by atoms with Gasteiger partial charge in [-0.2, -0.15) is 0 Å². The number of carbonyl (C=O) groups is 1. The lowest BCUT2D eigenvalue weighted by atomic mass is 9.98. The molecule has 1 N–H and O–H groups in total. The summed E-state index contributed by atoms with van der Waals surface area (Å²) in [5.74, 6) is 1.26. The lowest BCUT2D eigenvalue weighted by molar-refractivity contribution is -0.143. The molecule has 0 saturated carbocycles. The molecule has 4 aromatic carbocycles. The number of rotatable bonds is 11. The third-order valence-corrected chi connectivity index (χ3v) is 6.33. The number of benzene rings is 4. The van der Waals surface area contributed by atoms with Crippen molar-refractivity contribution in [2.75, 3.05) is 18.5 Å². The van der Waals surface area contributed by atoms with Gasteiger partial charge in [-0.1, -0.05) is 72.8 Å². The first-order chi connectivity index (χ1) is 18.7. The summed E-state index contributed by atoms with van der Waals surface area (Å²) in [7, 11) is 0. The Morgan fingerprint density at radius 2 is 1.53 bits per heavy atom. The van der Waals surface area contributed by atoms with Crippen LogP contribution in [-0.2, 0) is 9.53 Å². The number of fused-ring (bicyclic) bond motifs is 1. The quantitative estimate of drug-likeness (QED) is 0.145. The van der Waals surface area contributed by atoms with Gasteiger partial charge in [-0.05, 0) is 60.9 Å². The molecule has 0 spiro atoms. The molecular formula is C33H31NO4. The Hall–Kier alpha value is -4.51. The molecule has 0 radical (unpaired) electrons. The van der Waals surface area contributed by atoms with E-state index >= 15 is 0 Å². The van der Waals surface area contributed by atoms with Crippen molar-refractivity contribution in [1.29, 1.82) is 0 Å². The van der Waals surface area contributed by atoms with E-state index in [9.17, 15) is 4.79 Å². The van der Waals surface area contributed by atoms with E-state index in [2.05, 4.69) is 59.9 Å². The molecule has 0 aliphatic carbocycles. The van der Waals surface area contributed by atoms with E-state index in [4.69, 9.17) is 13.9 Å². The summed E-state index contributed by atoms with van der Waals surface area (Å²) in [4.78, 5) is 11.6. The fraction of sp³-hybridized carbons (Fsp3) is 0.182. The fourth-order valence-electron chi connectivity index (χ4n) is 4.51. The first-order valence-corrected chi connectivity index (χ1v) is 13.0. The summed E-state index contributed by atoms with van der Waals surface area (Å²) in [6, 6.07) is 36.9. The average Bonchev–Trinajstić information content (AvgIpc) is 3.39. The summed E-state index contributed by atoms with van der Waals surface area (Å²) < 4.78 is 17.2. The largest absolute Gasteiger partial charge is 0.493 e. The van der Waals surface area contributed by atoms with Crippen molar-refractivity contribution < 1.29 is 18.7 Å². The number of nitrogens with one attached hydrogen (secondary N) is 1. The molecule has 0 amide bonds. The number of para-hydroxylation sites is 1. The molecule has 5 aromatic rings. The normalized spacial score (nSPS) is 11.0. The minimum absolute atomic E-state index is 0.0185. The van der Waals surface area contributed by atoms with Gasteiger partial charge in [0.1, 0.15) is 17.1 Å². The molecule has 5 nitrogen and oxygen atoms in total. The zero-order chi connectivity index (χ0) is 26.2. The van der Waals surface area contributed by atoms with Crippen LogP contribution >= 0.6 is 0 Å². The second-order valence-corrected chi connectivity index (χ2v) is 9.02. The molecule has 0 saturated heterocycles. The predicted molar refractivity (Wildman–Crippen MR) is 151 cm³/mol. The number of furan rings is 1. The third-order valence-electron chi connectivity index (χ3n) is 6.33. The van der Waals surface area contributed by atoms with Crippen LogP contribution in [0.4, 0.5) is 5.69 Å². The van der Waals surface area contributed by atoms with Gasteiger partial charge < -0.3 is 19.2 Å². The van der Waals surface area contributed by atoms with Crippen LogP contribution in [0.15, 0.2) is 114 Å². The van der Waals surface area contributed by atoms with Gasteiger partial charge in [0.25, 0.3) is 0 Å². The topological polar surface area (TPSA) is 60.7 Å². The molecule has 0 unspecified atom stereocenters. The molecule has 0 aliphatic rings. The van der Waals surface area contributed by atoms with Crippen molar-refractivity contribution in [3.05, 3.63) is 120 Å². The van der Waals surface area contributed by atoms with Crippen LogP contribution in [0.2, 0.25) is 0 Å². The lowest BCUT2D eigenvalue weighted by Crippen LogP contribution is -2.12. The van der Waals surface area contributed by atoms with Crippen molar-refractivity contribution in [3.63, 3.8) is 0 Å². The minimum atomic E-state index is -0.201. The van der Waals surface area contributed by atoms with Gasteiger partial charge in [-0.15, -0.1) is 0 Å². The zero-order valence-corrected chi connectivity index (χ0v) is 21.4. The molecule has 38 heavy (non-hydrogen) atoms. The standard InChI is InChI=1S/C33H31NO4/c1-2-36-32(35)18-11-21-37-30-17-10-9-16-28(30)31-23-26-22-27(19-20-29(26)38-31)34-33(24-12-5-3-6-13-24)25-14-7-4-8-15-25/h3-10,12-17,19-20,22-23,33-34H,2,11,18,21H2,1H3. The van der Waals surface area contributed by atoms with Gasteiger partial charge >= 0.3 is 5.97 Å². The summed E-state index contributed by atoms with van der Waals surface area (Å²) in [5, 5.41) is 4.71. The van der Waals surface area contributed by atoms with E-state index in [0.717, 1.165) is 33.7 Å². The molecule has 0 bridgehead atoms. The number of esters is 1. The maximum absolute atomic E-state index is 11.6. The highest BCUT2D eigenvalue weighted by Gasteiger charge is 2.16. The summed E-state index contributed by atoms with van der Waals surface area (Å²) in [6.45, 7) is 2.62. The second-order valence-electron chi connectivity index (χ2n) is 9.02. The molecule has 5 heteroatoms. The summed E-state index contributed by atoms with van der Waals surface area (Å²) >= 11 is 0. The Bertz CT molecular complexity index is 1440. The monoisotopic (exact) mass is 505 g/mol. The van der Waals surface area contributed by atoms with Crippen molar-refractivity contribution >= 4 is 22.6 Å². The highest BCUT2D eigenvalue weighted by Crippen LogP contribution is 2.36. The molecule has 0 fully saturated rings. The Balaban J connectivity index is 1.36. The maximum Gasteiger partial charge on any atom is 0.305 e. The van der Waals surface area contributed by atoms with Gasteiger partial charge in [0.15, 0.2) is 0 Å². The first kappa shape index (κ1) is 25.2. The smallest absolute Gasteiger partial charge is 0.305 e. The molecule has 0 atom stereocenters. The van der Waals surface area contributed by atoms with E-state index in [1.807, 2.05) is 61.5 Å². The van der Waals surface area contributed by atoms with Crippen LogP contribution in [0.3, 0.4) is 0 Å². The van der Waals surface area contributed by atoms with E-state index in [1.54, 1.807) is 0 Å². The number of hydrogen-bond donors (Lipinski definition) is 1. The van der Waals surface area contributed by atoms with Crippen LogP contribution in [0.25, 0.3) is 22.3 Å². The number of hydrogen-bond acceptors (Lipinski definition) is 5. The van der Waals surface area contributed by atoms with Gasteiger partial charge in [-0.3, -0.25) is 4.79 Å². The van der Waals surface area contributed by atoms with E-state index < -0.39 is 0 Å². The highest BCUT2D eigenvalue weighted by molar-refractivity contribution is 5.87. The minimum Gasteiger partial charge on any atom is -0.493 e. The van der Waals surface area contributed by atoms with Gasteiger partial charge in [0.2, 0.25) is 0 Å². The van der Waals surface area contributed by atoms with Crippen LogP contribution in [0, 0.1) is 0 Å². The Labute approximate surface area is 223 Å². The molecular weight excluding hydrogens is 474 g/mol. The van der Waals surface area contributed by atoms with Crippen molar-refractivity contribution in [1.82, 2.24) is 0 Å². The van der Waals surface area contributed by atoms with Crippen LogP contribution in [0.5, 0.6) is 5.75 Å². The van der Waals surface area contributed by atoms with Gasteiger partial charge in [-0.25, -0.2) is 0 Å². The number of carbonyl (C=O) groups excluding carboxylic acids is 1. The van der Waals surface area contributed by atoms with Gasteiger partial charge in [0.05, 0.1) is 24.8 Å². The summed E-state index contributed by atoms with van der Waals surface area (Å²) in [5.41, 5.74) is 5.08. The molecule has 1 aromatic heterocycles. The molecule has 5 rings (SSSR count). The molecule has 1 heterocycles. The highest BCUT2D eigenvalue weighted by atomic mass is 16.5. The van der Waals surface area contributed by atoms with E-state index in [1.165, 1.54) is 11.1 Å². The van der Waals surface area contributed by atoms with E-state index in [0.29, 0.717) is 26.1 Å². The van der Waals surface area contributed by atoms with Gasteiger partial charge in [0, 0.05) is 17.5 Å². The maximum atomic E-state index is 11.6. The molecule has 0 aliphatic heterocycles. The van der Waals surface area contributed by atoms with Crippen LogP contribution < -0.4 is 10.1 Å². The SMILES string of the molecule is CCOC(=O)CCCOc1ccccc1-c1cc2cc(NC(c3ccccc3)c3ccccc3)ccc2o1. The zero-order valence-electron chi connectivity index (χ0n) is 21.4. The predicted octanol–water partition coefficient (Wildman–Crippen LogP) is 8.02. The van der Waals surface area contributed by atoms with Crippen LogP contribution in [0.1, 0.15) is 36.9 Å². The van der Waals surface area contributed by atoms with Crippen molar-refractivity contribution in [2.24, 2.45) is 0 Å². The van der Waals surface area contributed by atoms with E-state index in [-0.39, 0.29) is 12.0 Å². The average molecular weight is 506 g/mol. The Morgan fingerprint density at radius 1 is 0.842 bits per heavy atom. The number of anilines is 1. The third kappa shape index (κ3) is 6.06. The van der Waals surface area contributed by atoms with Crippen LogP contribution in [-0.4, -0.2) is 19.2 Å². The second kappa shape index (κ2) is 12.2. The Morgan fingerprint density at radius 3 is 2.24 bits per heavy atom.